The summed E-state index contributed by atoms with van der Waals surface area (Å²) in [5.74, 6) is -0.0248. The van der Waals surface area contributed by atoms with Crippen LogP contribution in [0.5, 0.6) is 0 Å². The number of aromatic nitrogens is 3. The van der Waals surface area contributed by atoms with Crippen LogP contribution < -0.4 is 10.9 Å². The molecule has 0 atom stereocenters. The number of thioether (sulfide) groups is 1. The van der Waals surface area contributed by atoms with Gasteiger partial charge in [-0.25, -0.2) is 0 Å². The first-order valence-electron chi connectivity index (χ1n) is 8.65. The van der Waals surface area contributed by atoms with Crippen molar-refractivity contribution < 1.29 is 4.79 Å². The first-order chi connectivity index (χ1) is 13.1. The molecule has 27 heavy (non-hydrogen) atoms. The average Bonchev–Trinajstić information content (AvgIpc) is 2.69. The maximum absolute atomic E-state index is 12.2. The molecular weight excluding hydrogens is 360 g/mol. The van der Waals surface area contributed by atoms with Gasteiger partial charge in [0.15, 0.2) is 5.16 Å². The van der Waals surface area contributed by atoms with Crippen molar-refractivity contribution in [3.63, 3.8) is 0 Å². The van der Waals surface area contributed by atoms with E-state index in [0.717, 1.165) is 35.0 Å². The molecule has 0 saturated carbocycles. The lowest BCUT2D eigenvalue weighted by Gasteiger charge is -2.06. The summed E-state index contributed by atoms with van der Waals surface area (Å²) in [6.07, 6.45) is 1.33. The number of nitrogens with zero attached hydrogens (tertiary/aromatic N) is 2. The van der Waals surface area contributed by atoms with Crippen LogP contribution in [-0.4, -0.2) is 26.8 Å². The Kier molecular flexibility index (Phi) is 6.38. The number of hydrogen-bond donors (Lipinski definition) is 2. The molecule has 7 heteroatoms. The van der Waals surface area contributed by atoms with Crippen molar-refractivity contribution in [3.05, 3.63) is 81.8 Å². The molecule has 1 aromatic heterocycles. The van der Waals surface area contributed by atoms with E-state index in [9.17, 15) is 9.59 Å². The van der Waals surface area contributed by atoms with E-state index < -0.39 is 0 Å². The van der Waals surface area contributed by atoms with Crippen molar-refractivity contribution in [3.8, 4) is 0 Å². The van der Waals surface area contributed by atoms with Crippen LogP contribution in [0.3, 0.4) is 0 Å². The number of nitrogens with one attached hydrogen (secondary N) is 2. The second kappa shape index (κ2) is 9.14. The second-order valence-corrected chi connectivity index (χ2v) is 6.92. The number of H-pyrrole nitrogens is 1. The molecule has 3 rings (SSSR count). The zero-order chi connectivity index (χ0) is 19.1. The summed E-state index contributed by atoms with van der Waals surface area (Å²) in [5.41, 5.74) is 2.98. The number of carbonyl (C=O) groups excluding carboxylic acids is 1. The highest BCUT2D eigenvalue weighted by molar-refractivity contribution is 7.99. The molecule has 6 nitrogen and oxygen atoms in total. The van der Waals surface area contributed by atoms with Gasteiger partial charge in [0, 0.05) is 12.1 Å². The van der Waals surface area contributed by atoms with Gasteiger partial charge in [-0.15, -0.1) is 10.2 Å². The number of benzene rings is 2. The summed E-state index contributed by atoms with van der Waals surface area (Å²) >= 11 is 1.15. The fourth-order valence-corrected chi connectivity index (χ4v) is 3.12. The molecule has 0 aliphatic rings. The molecule has 2 N–H and O–H groups in total. The Morgan fingerprint density at radius 2 is 1.85 bits per heavy atom. The molecule has 3 aromatic rings. The fraction of sp³-hybridized carbons (Fsp3) is 0.200. The van der Waals surface area contributed by atoms with E-state index in [1.54, 1.807) is 0 Å². The van der Waals surface area contributed by atoms with Gasteiger partial charge >= 0.3 is 0 Å². The van der Waals surface area contributed by atoms with E-state index in [-0.39, 0.29) is 17.2 Å². The van der Waals surface area contributed by atoms with Crippen LogP contribution >= 0.6 is 11.8 Å². The zero-order valence-electron chi connectivity index (χ0n) is 14.9. The second-order valence-electron chi connectivity index (χ2n) is 5.96. The summed E-state index contributed by atoms with van der Waals surface area (Å²) in [6.45, 7) is 2.06. The smallest absolute Gasteiger partial charge is 0.273 e. The third-order valence-electron chi connectivity index (χ3n) is 3.92. The maximum Gasteiger partial charge on any atom is 0.273 e. The number of amides is 1. The van der Waals surface area contributed by atoms with Gasteiger partial charge in [-0.05, 0) is 29.7 Å². The van der Waals surface area contributed by atoms with Crippen LogP contribution in [-0.2, 0) is 17.6 Å². The third-order valence-corrected chi connectivity index (χ3v) is 4.78. The SMILES string of the molecule is CCc1cccc(NC(=O)CSc2nnc(Cc3ccccc3)c(=O)[nH]2)c1. The van der Waals surface area contributed by atoms with Gasteiger partial charge in [-0.3, -0.25) is 14.6 Å². The molecule has 1 heterocycles. The summed E-state index contributed by atoms with van der Waals surface area (Å²) in [5, 5.41) is 11.2. The summed E-state index contributed by atoms with van der Waals surface area (Å²) in [7, 11) is 0. The van der Waals surface area contributed by atoms with Crippen molar-refractivity contribution >= 4 is 23.4 Å². The van der Waals surface area contributed by atoms with Gasteiger partial charge in [0.05, 0.1) is 5.75 Å². The molecule has 0 radical (unpaired) electrons. The number of aromatic amines is 1. The van der Waals surface area contributed by atoms with E-state index >= 15 is 0 Å². The van der Waals surface area contributed by atoms with Crippen LogP contribution in [0.15, 0.2) is 64.5 Å². The van der Waals surface area contributed by atoms with Crippen LogP contribution in [0.1, 0.15) is 23.7 Å². The number of anilines is 1. The molecule has 138 valence electrons. The maximum atomic E-state index is 12.2. The summed E-state index contributed by atoms with van der Waals surface area (Å²) < 4.78 is 0. The van der Waals surface area contributed by atoms with Crippen molar-refractivity contribution in [2.75, 3.05) is 11.1 Å². The standard InChI is InChI=1S/C20H20N4O2S/c1-2-14-9-6-10-16(11-14)21-18(25)13-27-20-22-19(26)17(23-24-20)12-15-7-4-3-5-8-15/h3-11H,2,12-13H2,1H3,(H,21,25)(H,22,24,26). The Labute approximate surface area is 161 Å². The minimum absolute atomic E-state index is 0.138. The minimum Gasteiger partial charge on any atom is -0.325 e. The molecular formula is C20H20N4O2S. The first kappa shape index (κ1) is 18.8. The van der Waals surface area contributed by atoms with Gasteiger partial charge in [0.1, 0.15) is 5.69 Å². The van der Waals surface area contributed by atoms with Gasteiger partial charge in [-0.2, -0.15) is 0 Å². The predicted octanol–water partition coefficient (Wildman–Crippen LogP) is 3.05. The number of hydrogen-bond acceptors (Lipinski definition) is 5. The van der Waals surface area contributed by atoms with Crippen molar-refractivity contribution in [1.82, 2.24) is 15.2 Å². The lowest BCUT2D eigenvalue weighted by molar-refractivity contribution is -0.113. The normalized spacial score (nSPS) is 10.6. The Bertz CT molecular complexity index is 973. The van der Waals surface area contributed by atoms with E-state index in [1.165, 1.54) is 0 Å². The van der Waals surface area contributed by atoms with Crippen LogP contribution in [0.4, 0.5) is 5.69 Å². The molecule has 0 fully saturated rings. The van der Waals surface area contributed by atoms with Gasteiger partial charge in [0.2, 0.25) is 5.91 Å². The van der Waals surface area contributed by atoms with Crippen LogP contribution in [0.25, 0.3) is 0 Å². The Morgan fingerprint density at radius 1 is 1.07 bits per heavy atom. The van der Waals surface area contributed by atoms with Gasteiger partial charge in [-0.1, -0.05) is 61.2 Å². The molecule has 0 unspecified atom stereocenters. The number of aryl methyl sites for hydroxylation is 1. The van der Waals surface area contributed by atoms with E-state index in [1.807, 2.05) is 54.6 Å². The topological polar surface area (TPSA) is 87.7 Å². The predicted molar refractivity (Wildman–Crippen MR) is 107 cm³/mol. The lowest BCUT2D eigenvalue weighted by atomic mass is 10.1. The Hall–Kier alpha value is -2.93. The molecule has 0 spiro atoms. The Morgan fingerprint density at radius 3 is 2.59 bits per heavy atom. The van der Waals surface area contributed by atoms with E-state index in [2.05, 4.69) is 27.4 Å². The van der Waals surface area contributed by atoms with Gasteiger partial charge < -0.3 is 5.32 Å². The average molecular weight is 380 g/mol. The van der Waals surface area contributed by atoms with E-state index in [0.29, 0.717) is 17.3 Å². The fourth-order valence-electron chi connectivity index (χ4n) is 2.52. The lowest BCUT2D eigenvalue weighted by Crippen LogP contribution is -2.19. The van der Waals surface area contributed by atoms with E-state index in [4.69, 9.17) is 0 Å². The third kappa shape index (κ3) is 5.52. The molecule has 0 aliphatic carbocycles. The molecule has 0 bridgehead atoms. The van der Waals surface area contributed by atoms with Gasteiger partial charge in [0.25, 0.3) is 5.56 Å². The zero-order valence-corrected chi connectivity index (χ0v) is 15.8. The minimum atomic E-state index is -0.285. The van der Waals surface area contributed by atoms with Crippen LogP contribution in [0, 0.1) is 0 Å². The largest absolute Gasteiger partial charge is 0.325 e. The monoisotopic (exact) mass is 380 g/mol. The highest BCUT2D eigenvalue weighted by atomic mass is 32.2. The molecule has 2 aromatic carbocycles. The number of carbonyl (C=O) groups is 1. The molecule has 1 amide bonds. The highest BCUT2D eigenvalue weighted by Crippen LogP contribution is 2.14. The van der Waals surface area contributed by atoms with Crippen molar-refractivity contribution in [2.45, 2.75) is 24.9 Å². The Balaban J connectivity index is 1.57. The molecule has 0 saturated heterocycles. The van der Waals surface area contributed by atoms with Crippen molar-refractivity contribution in [1.29, 1.82) is 0 Å². The first-order valence-corrected chi connectivity index (χ1v) is 9.64. The number of rotatable bonds is 7. The summed E-state index contributed by atoms with van der Waals surface area (Å²) in [4.78, 5) is 27.0. The van der Waals surface area contributed by atoms with Crippen LogP contribution in [0.2, 0.25) is 0 Å². The summed E-state index contributed by atoms with van der Waals surface area (Å²) in [6, 6.07) is 17.3. The van der Waals surface area contributed by atoms with Crippen molar-refractivity contribution in [2.24, 2.45) is 0 Å². The quantitative estimate of drug-likeness (QED) is 0.615. The molecule has 0 aliphatic heterocycles. The highest BCUT2D eigenvalue weighted by Gasteiger charge is 2.09.